The lowest BCUT2D eigenvalue weighted by Gasteiger charge is -2.15. The number of amides is 1. The lowest BCUT2D eigenvalue weighted by atomic mass is 10.2. The first-order valence-corrected chi connectivity index (χ1v) is 5.83. The molecule has 0 saturated carbocycles. The van der Waals surface area contributed by atoms with Gasteiger partial charge in [-0.25, -0.2) is 0 Å². The molecule has 0 aromatic heterocycles. The topological polar surface area (TPSA) is 93.5 Å². The van der Waals surface area contributed by atoms with Crippen molar-refractivity contribution >= 4 is 17.3 Å². The summed E-state index contributed by atoms with van der Waals surface area (Å²) in [5.41, 5.74) is 0.265. The van der Waals surface area contributed by atoms with Crippen LogP contribution in [0.1, 0.15) is 6.92 Å². The summed E-state index contributed by atoms with van der Waals surface area (Å²) in [5, 5.41) is 16.3. The van der Waals surface area contributed by atoms with Crippen LogP contribution in [0.5, 0.6) is 0 Å². The predicted molar refractivity (Wildman–Crippen MR) is 71.1 cm³/mol. The van der Waals surface area contributed by atoms with Gasteiger partial charge in [-0.3, -0.25) is 14.9 Å². The molecule has 2 N–H and O–H groups in total. The Morgan fingerprint density at radius 2 is 2.16 bits per heavy atom. The van der Waals surface area contributed by atoms with Crippen molar-refractivity contribution < 1.29 is 14.5 Å². The van der Waals surface area contributed by atoms with Gasteiger partial charge in [0.1, 0.15) is 11.7 Å². The Labute approximate surface area is 111 Å². The van der Waals surface area contributed by atoms with Crippen molar-refractivity contribution in [2.24, 2.45) is 0 Å². The van der Waals surface area contributed by atoms with E-state index in [9.17, 15) is 14.9 Å². The van der Waals surface area contributed by atoms with Gasteiger partial charge in [0.2, 0.25) is 5.91 Å². The Morgan fingerprint density at radius 1 is 1.47 bits per heavy atom. The quantitative estimate of drug-likeness (QED) is 0.439. The van der Waals surface area contributed by atoms with Crippen LogP contribution >= 0.6 is 0 Å². The van der Waals surface area contributed by atoms with Gasteiger partial charge < -0.3 is 15.4 Å². The fourth-order valence-electron chi connectivity index (χ4n) is 1.48. The van der Waals surface area contributed by atoms with E-state index in [4.69, 9.17) is 4.74 Å². The minimum Gasteiger partial charge on any atom is -0.383 e. The van der Waals surface area contributed by atoms with Gasteiger partial charge in [0.15, 0.2) is 0 Å². The second-order valence-electron chi connectivity index (χ2n) is 3.92. The van der Waals surface area contributed by atoms with Gasteiger partial charge in [0.05, 0.1) is 11.5 Å². The van der Waals surface area contributed by atoms with E-state index < -0.39 is 11.0 Å². The average Bonchev–Trinajstić information content (AvgIpc) is 2.39. The normalized spacial score (nSPS) is 11.7. The summed E-state index contributed by atoms with van der Waals surface area (Å²) in [7, 11) is 1.54. The second kappa shape index (κ2) is 7.32. The lowest BCUT2D eigenvalue weighted by Crippen LogP contribution is -2.39. The molecule has 1 unspecified atom stereocenters. The fraction of sp³-hybridized carbons (Fsp3) is 0.417. The van der Waals surface area contributed by atoms with Gasteiger partial charge in [-0.15, -0.1) is 0 Å². The van der Waals surface area contributed by atoms with Crippen LogP contribution in [0.25, 0.3) is 0 Å². The molecule has 0 radical (unpaired) electrons. The van der Waals surface area contributed by atoms with Crippen molar-refractivity contribution in [3.63, 3.8) is 0 Å². The monoisotopic (exact) mass is 267 g/mol. The van der Waals surface area contributed by atoms with Crippen molar-refractivity contribution in [3.8, 4) is 0 Å². The Balaban J connectivity index is 2.63. The Kier molecular flexibility index (Phi) is 5.74. The first-order chi connectivity index (χ1) is 9.06. The number of nitrogens with zero attached hydrogens (tertiary/aromatic N) is 1. The highest BCUT2D eigenvalue weighted by Crippen LogP contribution is 2.23. The number of hydrogen-bond donors (Lipinski definition) is 2. The molecule has 0 saturated heterocycles. The number of nitrogens with one attached hydrogen (secondary N) is 2. The maximum Gasteiger partial charge on any atom is 0.292 e. The van der Waals surface area contributed by atoms with Crippen molar-refractivity contribution in [2.75, 3.05) is 25.6 Å². The number of anilines is 1. The predicted octanol–water partition coefficient (Wildman–Crippen LogP) is 1.16. The minimum absolute atomic E-state index is 0.0564. The number of rotatable bonds is 7. The molecule has 1 aromatic carbocycles. The van der Waals surface area contributed by atoms with Crippen LogP contribution in [0.4, 0.5) is 11.4 Å². The smallest absolute Gasteiger partial charge is 0.292 e. The van der Waals surface area contributed by atoms with E-state index >= 15 is 0 Å². The summed E-state index contributed by atoms with van der Waals surface area (Å²) < 4.78 is 4.82. The van der Waals surface area contributed by atoms with Gasteiger partial charge in [0, 0.05) is 19.7 Å². The second-order valence-corrected chi connectivity index (χ2v) is 3.92. The van der Waals surface area contributed by atoms with Crippen molar-refractivity contribution in [1.82, 2.24) is 5.32 Å². The largest absolute Gasteiger partial charge is 0.383 e. The first kappa shape index (κ1) is 14.9. The van der Waals surface area contributed by atoms with Crippen molar-refractivity contribution in [1.29, 1.82) is 0 Å². The van der Waals surface area contributed by atoms with Gasteiger partial charge in [-0.1, -0.05) is 12.1 Å². The van der Waals surface area contributed by atoms with Crippen molar-refractivity contribution in [3.05, 3.63) is 34.4 Å². The minimum atomic E-state index is -0.571. The number of nitro benzene ring substituents is 1. The summed E-state index contributed by atoms with van der Waals surface area (Å²) >= 11 is 0. The zero-order chi connectivity index (χ0) is 14.3. The molecule has 1 aromatic rings. The third-order valence-corrected chi connectivity index (χ3v) is 2.47. The Morgan fingerprint density at radius 3 is 2.79 bits per heavy atom. The maximum atomic E-state index is 11.7. The average molecular weight is 267 g/mol. The summed E-state index contributed by atoms with van der Waals surface area (Å²) in [5.74, 6) is -0.241. The van der Waals surface area contributed by atoms with Crippen LogP contribution < -0.4 is 10.6 Å². The molecule has 19 heavy (non-hydrogen) atoms. The van der Waals surface area contributed by atoms with E-state index in [1.807, 2.05) is 0 Å². The number of benzene rings is 1. The molecule has 1 atom stereocenters. The van der Waals surface area contributed by atoms with Crippen molar-refractivity contribution in [2.45, 2.75) is 13.0 Å². The van der Waals surface area contributed by atoms with Gasteiger partial charge >= 0.3 is 0 Å². The third-order valence-electron chi connectivity index (χ3n) is 2.47. The first-order valence-electron chi connectivity index (χ1n) is 5.83. The molecule has 0 aliphatic rings. The van der Waals surface area contributed by atoms with Crippen LogP contribution in [-0.2, 0) is 9.53 Å². The third kappa shape index (κ3) is 4.55. The lowest BCUT2D eigenvalue weighted by molar-refractivity contribution is -0.384. The molecule has 0 heterocycles. The number of methoxy groups -OCH3 is 1. The Bertz CT molecular complexity index is 450. The Hall–Kier alpha value is -2.15. The molecular weight excluding hydrogens is 250 g/mol. The number of carbonyl (C=O) groups excluding carboxylic acids is 1. The molecule has 7 nitrogen and oxygen atoms in total. The highest BCUT2D eigenvalue weighted by Gasteiger charge is 2.17. The van der Waals surface area contributed by atoms with E-state index in [0.717, 1.165) is 0 Å². The number of nitro groups is 1. The summed E-state index contributed by atoms with van der Waals surface area (Å²) in [6.07, 6.45) is 0. The molecular formula is C12H17N3O4. The molecule has 0 aliphatic carbocycles. The summed E-state index contributed by atoms with van der Waals surface area (Å²) in [6.45, 7) is 2.46. The van der Waals surface area contributed by atoms with Crippen LogP contribution in [0.3, 0.4) is 0 Å². The number of hydrogen-bond acceptors (Lipinski definition) is 5. The molecule has 0 fully saturated rings. The molecule has 7 heteroatoms. The zero-order valence-electron chi connectivity index (χ0n) is 10.9. The van der Waals surface area contributed by atoms with E-state index in [-0.39, 0.29) is 11.6 Å². The van der Waals surface area contributed by atoms with E-state index in [0.29, 0.717) is 18.8 Å². The van der Waals surface area contributed by atoms with E-state index in [1.165, 1.54) is 6.07 Å². The number of ether oxygens (including phenoxy) is 1. The number of carbonyl (C=O) groups is 1. The highest BCUT2D eigenvalue weighted by molar-refractivity contribution is 5.85. The molecule has 104 valence electrons. The highest BCUT2D eigenvalue weighted by atomic mass is 16.6. The van der Waals surface area contributed by atoms with Crippen LogP contribution in [-0.4, -0.2) is 37.1 Å². The van der Waals surface area contributed by atoms with Crippen LogP contribution in [0.2, 0.25) is 0 Å². The van der Waals surface area contributed by atoms with Crippen LogP contribution in [0.15, 0.2) is 24.3 Å². The van der Waals surface area contributed by atoms with Crippen LogP contribution in [0, 0.1) is 10.1 Å². The summed E-state index contributed by atoms with van der Waals surface area (Å²) in [4.78, 5) is 22.0. The molecule has 0 bridgehead atoms. The van der Waals surface area contributed by atoms with Gasteiger partial charge in [0.25, 0.3) is 5.69 Å². The maximum absolute atomic E-state index is 11.7. The molecule has 1 rings (SSSR count). The fourth-order valence-corrected chi connectivity index (χ4v) is 1.48. The van der Waals surface area contributed by atoms with Gasteiger partial charge in [-0.2, -0.15) is 0 Å². The van der Waals surface area contributed by atoms with E-state index in [1.54, 1.807) is 32.2 Å². The molecule has 1 amide bonds. The zero-order valence-corrected chi connectivity index (χ0v) is 10.9. The number of para-hydroxylation sites is 2. The SMILES string of the molecule is COCCNC(=O)C(C)Nc1ccccc1[N+](=O)[O-]. The molecule has 0 spiro atoms. The van der Waals surface area contributed by atoms with E-state index in [2.05, 4.69) is 10.6 Å². The molecule has 0 aliphatic heterocycles. The standard InChI is InChI=1S/C12H17N3O4/c1-9(12(16)13-7-8-19-2)14-10-5-3-4-6-11(10)15(17)18/h3-6,9,14H,7-8H2,1-2H3,(H,13,16). The van der Waals surface area contributed by atoms with Gasteiger partial charge in [-0.05, 0) is 13.0 Å². The summed E-state index contributed by atoms with van der Waals surface area (Å²) in [6, 6.07) is 5.63.